The van der Waals surface area contributed by atoms with Gasteiger partial charge in [-0.05, 0) is 6.08 Å². The molecule has 19 heavy (non-hydrogen) atoms. The Kier molecular flexibility index (Phi) is 2.68. The lowest BCUT2D eigenvalue weighted by Crippen LogP contribution is -2.46. The molecule has 2 aliphatic carbocycles. The molecule has 0 spiro atoms. The first-order chi connectivity index (χ1) is 8.93. The van der Waals surface area contributed by atoms with Crippen molar-refractivity contribution in [2.75, 3.05) is 0 Å². The fraction of sp³-hybridized carbons (Fsp3) is 0.143. The van der Waals surface area contributed by atoms with Crippen molar-refractivity contribution in [3.8, 4) is 0 Å². The van der Waals surface area contributed by atoms with Crippen molar-refractivity contribution in [1.82, 2.24) is 0 Å². The van der Waals surface area contributed by atoms with Crippen molar-refractivity contribution in [3.63, 3.8) is 0 Å². The summed E-state index contributed by atoms with van der Waals surface area (Å²) in [5.74, 6) is -0.506. The molecule has 0 heterocycles. The van der Waals surface area contributed by atoms with Gasteiger partial charge in [-0.25, -0.2) is 0 Å². The van der Waals surface area contributed by atoms with E-state index in [2.05, 4.69) is 0 Å². The van der Waals surface area contributed by atoms with Gasteiger partial charge in [0.15, 0.2) is 15.9 Å². The summed E-state index contributed by atoms with van der Waals surface area (Å²) in [6.07, 6.45) is 2.92. The van der Waals surface area contributed by atoms with Gasteiger partial charge in [-0.2, -0.15) is 0 Å². The average Bonchev–Trinajstić information content (AvgIpc) is 2.39. The van der Waals surface area contributed by atoms with Crippen molar-refractivity contribution in [2.45, 2.75) is 10.4 Å². The Morgan fingerprint density at radius 2 is 1.63 bits per heavy atom. The number of Topliss-reactive ketones (excluding diaryl/α,β-unsaturated/α-hetero) is 2. The second kappa shape index (κ2) is 4.04. The molecule has 96 valence electrons. The molecular formula is C14H9Cl2NO2. The van der Waals surface area contributed by atoms with Crippen molar-refractivity contribution in [1.29, 1.82) is 0 Å². The minimum Gasteiger partial charge on any atom is -0.321 e. The van der Waals surface area contributed by atoms with Gasteiger partial charge in [0, 0.05) is 22.3 Å². The number of carbonyl (C=O) groups is 2. The van der Waals surface area contributed by atoms with Crippen LogP contribution < -0.4 is 5.73 Å². The number of fused-ring (bicyclic) bond motifs is 1. The number of halogens is 2. The standard InChI is InChI=1S/C14H9Cl2NO2/c15-14(16)6-5-9-10(13(14)17)12(19)8-4-2-1-3-7(8)11(9)18/h1-6,13H,17H2. The van der Waals surface area contributed by atoms with E-state index in [0.29, 0.717) is 11.1 Å². The molecule has 5 heteroatoms. The molecule has 1 aromatic carbocycles. The third-order valence-electron chi connectivity index (χ3n) is 3.39. The van der Waals surface area contributed by atoms with Gasteiger partial charge in [-0.3, -0.25) is 9.59 Å². The van der Waals surface area contributed by atoms with Crippen LogP contribution in [0.4, 0.5) is 0 Å². The number of carbonyl (C=O) groups excluding carboxylic acids is 2. The van der Waals surface area contributed by atoms with Crippen LogP contribution in [0.15, 0.2) is 47.6 Å². The molecule has 3 rings (SSSR count). The topological polar surface area (TPSA) is 60.2 Å². The van der Waals surface area contributed by atoms with E-state index in [1.165, 1.54) is 12.2 Å². The van der Waals surface area contributed by atoms with Crippen LogP contribution in [0, 0.1) is 0 Å². The largest absolute Gasteiger partial charge is 0.321 e. The minimum atomic E-state index is -1.37. The van der Waals surface area contributed by atoms with Gasteiger partial charge in [0.25, 0.3) is 0 Å². The molecule has 0 bridgehead atoms. The van der Waals surface area contributed by atoms with E-state index in [1.807, 2.05) is 0 Å². The van der Waals surface area contributed by atoms with Crippen LogP contribution in [-0.4, -0.2) is 21.9 Å². The molecule has 1 atom stereocenters. The lowest BCUT2D eigenvalue weighted by atomic mass is 9.78. The van der Waals surface area contributed by atoms with E-state index >= 15 is 0 Å². The second-order valence-corrected chi connectivity index (χ2v) is 5.96. The van der Waals surface area contributed by atoms with Gasteiger partial charge < -0.3 is 5.73 Å². The molecule has 0 saturated carbocycles. The first-order valence-corrected chi connectivity index (χ1v) is 6.44. The van der Waals surface area contributed by atoms with Gasteiger partial charge in [-0.1, -0.05) is 53.5 Å². The molecule has 3 nitrogen and oxygen atoms in total. The Morgan fingerprint density at radius 3 is 2.26 bits per heavy atom. The van der Waals surface area contributed by atoms with Gasteiger partial charge in [-0.15, -0.1) is 0 Å². The average molecular weight is 294 g/mol. The molecule has 1 aromatic rings. The zero-order valence-electron chi connectivity index (χ0n) is 9.69. The number of rotatable bonds is 0. The van der Waals surface area contributed by atoms with Crippen molar-refractivity contribution < 1.29 is 9.59 Å². The summed E-state index contributed by atoms with van der Waals surface area (Å²) < 4.78 is -1.37. The Bertz CT molecular complexity index is 674. The van der Waals surface area contributed by atoms with Crippen LogP contribution in [0.25, 0.3) is 0 Å². The molecule has 1 unspecified atom stereocenters. The van der Waals surface area contributed by atoms with Gasteiger partial charge in [0.05, 0.1) is 6.04 Å². The van der Waals surface area contributed by atoms with Gasteiger partial charge in [0.1, 0.15) is 0 Å². The van der Waals surface area contributed by atoms with Crippen LogP contribution in [-0.2, 0) is 0 Å². The Balaban J connectivity index is 2.24. The Hall–Kier alpha value is -1.42. The molecule has 2 N–H and O–H groups in total. The normalized spacial score (nSPS) is 24.3. The maximum absolute atomic E-state index is 12.5. The van der Waals surface area contributed by atoms with Crippen molar-refractivity contribution >= 4 is 34.8 Å². The fourth-order valence-corrected chi connectivity index (χ4v) is 2.72. The van der Waals surface area contributed by atoms with E-state index in [9.17, 15) is 9.59 Å². The summed E-state index contributed by atoms with van der Waals surface area (Å²) in [6.45, 7) is 0. The highest BCUT2D eigenvalue weighted by Crippen LogP contribution is 2.40. The minimum absolute atomic E-state index is 0.191. The van der Waals surface area contributed by atoms with E-state index in [0.717, 1.165) is 0 Å². The summed E-state index contributed by atoms with van der Waals surface area (Å²) in [6, 6.07) is 5.74. The molecule has 0 aliphatic heterocycles. The van der Waals surface area contributed by atoms with Crippen molar-refractivity contribution in [2.24, 2.45) is 5.73 Å². The number of nitrogens with two attached hydrogens (primary N) is 1. The van der Waals surface area contributed by atoms with Crippen LogP contribution in [0.3, 0.4) is 0 Å². The van der Waals surface area contributed by atoms with E-state index in [4.69, 9.17) is 28.9 Å². The first kappa shape index (κ1) is 12.6. The van der Waals surface area contributed by atoms with Crippen LogP contribution >= 0.6 is 23.2 Å². The Morgan fingerprint density at radius 1 is 1.05 bits per heavy atom. The number of hydrogen-bond acceptors (Lipinski definition) is 3. The molecule has 0 radical (unpaired) electrons. The summed E-state index contributed by atoms with van der Waals surface area (Å²) in [7, 11) is 0. The smallest absolute Gasteiger partial charge is 0.194 e. The fourth-order valence-electron chi connectivity index (χ4n) is 2.38. The van der Waals surface area contributed by atoms with Crippen LogP contribution in [0.2, 0.25) is 0 Å². The lowest BCUT2D eigenvalue weighted by Gasteiger charge is -2.32. The third-order valence-corrected chi connectivity index (χ3v) is 4.12. The van der Waals surface area contributed by atoms with Crippen LogP contribution in [0.5, 0.6) is 0 Å². The summed E-state index contributed by atoms with van der Waals surface area (Å²) in [5.41, 5.74) is 7.14. The first-order valence-electron chi connectivity index (χ1n) is 5.68. The molecule has 2 aliphatic rings. The van der Waals surface area contributed by atoms with E-state index < -0.39 is 10.4 Å². The van der Waals surface area contributed by atoms with Gasteiger partial charge >= 0.3 is 0 Å². The molecule has 0 saturated heterocycles. The predicted octanol–water partition coefficient (Wildman–Crippen LogP) is 2.43. The van der Waals surface area contributed by atoms with Gasteiger partial charge in [0.2, 0.25) is 0 Å². The van der Waals surface area contributed by atoms with Crippen LogP contribution in [0.1, 0.15) is 20.7 Å². The maximum Gasteiger partial charge on any atom is 0.194 e. The summed E-state index contributed by atoms with van der Waals surface area (Å²) in [4.78, 5) is 24.8. The van der Waals surface area contributed by atoms with E-state index in [-0.39, 0.29) is 22.7 Å². The molecule has 0 amide bonds. The zero-order chi connectivity index (χ0) is 13.8. The molecule has 0 aromatic heterocycles. The lowest BCUT2D eigenvalue weighted by molar-refractivity contribution is 0.0971. The second-order valence-electron chi connectivity index (χ2n) is 4.52. The highest BCUT2D eigenvalue weighted by Gasteiger charge is 2.43. The number of allylic oxidation sites excluding steroid dienone is 2. The third kappa shape index (κ3) is 1.70. The van der Waals surface area contributed by atoms with E-state index in [1.54, 1.807) is 24.3 Å². The number of ketones is 2. The summed E-state index contributed by atoms with van der Waals surface area (Å²) >= 11 is 12.1. The Labute approximate surface area is 119 Å². The number of alkyl halides is 2. The highest BCUT2D eigenvalue weighted by molar-refractivity contribution is 6.51. The zero-order valence-corrected chi connectivity index (χ0v) is 11.2. The predicted molar refractivity (Wildman–Crippen MR) is 73.7 cm³/mol. The number of benzene rings is 1. The SMILES string of the molecule is NC1C2=C(C=CC1(Cl)Cl)C(=O)c1ccccc1C2=O. The number of hydrogen-bond donors (Lipinski definition) is 1. The molecule has 0 fully saturated rings. The maximum atomic E-state index is 12.5. The molecular weight excluding hydrogens is 285 g/mol. The van der Waals surface area contributed by atoms with Crippen molar-refractivity contribution in [3.05, 3.63) is 58.7 Å². The summed E-state index contributed by atoms with van der Waals surface area (Å²) in [5, 5.41) is 0. The highest BCUT2D eigenvalue weighted by atomic mass is 35.5. The monoisotopic (exact) mass is 293 g/mol. The quantitative estimate of drug-likeness (QED) is 0.748.